The number of hydrogen-bond acceptors (Lipinski definition) is 0. The van der Waals surface area contributed by atoms with Crippen LogP contribution in [0.1, 0.15) is 12.0 Å². The minimum Gasteiger partial charge on any atom is -0.0655 e. The van der Waals surface area contributed by atoms with E-state index >= 15 is 0 Å². The molecule has 0 aromatic heterocycles. The average molecular weight is 250 g/mol. The second kappa shape index (κ2) is 4.95. The van der Waals surface area contributed by atoms with Gasteiger partial charge in [-0.2, -0.15) is 0 Å². The summed E-state index contributed by atoms with van der Waals surface area (Å²) < 4.78 is 0. The summed E-state index contributed by atoms with van der Waals surface area (Å²) in [6, 6.07) is 21.3. The van der Waals surface area contributed by atoms with Gasteiger partial charge in [-0.25, -0.2) is 0 Å². The summed E-state index contributed by atoms with van der Waals surface area (Å²) >= 11 is 0. The van der Waals surface area contributed by atoms with E-state index in [0.717, 1.165) is 0 Å². The average Bonchev–Trinajstić information content (AvgIpc) is 2.45. The maximum atomic E-state index is 2.38. The van der Waals surface area contributed by atoms with E-state index in [9.17, 15) is 0 Å². The molecule has 1 heteroatoms. The third-order valence-corrected chi connectivity index (χ3v) is 4.36. The molecule has 0 aliphatic heterocycles. The molecule has 3 aromatic rings. The van der Waals surface area contributed by atoms with E-state index in [-0.39, 0.29) is 0 Å². The van der Waals surface area contributed by atoms with Crippen LogP contribution in [0.2, 0.25) is 6.04 Å². The predicted octanol–water partition coefficient (Wildman–Crippen LogP) is 3.71. The van der Waals surface area contributed by atoms with Gasteiger partial charge >= 0.3 is 0 Å². The normalized spacial score (nSPS) is 11.3. The molecule has 0 saturated heterocycles. The van der Waals surface area contributed by atoms with Crippen molar-refractivity contribution >= 4 is 31.8 Å². The van der Waals surface area contributed by atoms with Crippen molar-refractivity contribution in [3.8, 4) is 0 Å². The van der Waals surface area contributed by atoms with Gasteiger partial charge in [-0.1, -0.05) is 67.1 Å². The lowest BCUT2D eigenvalue weighted by molar-refractivity contribution is 0.928. The molecule has 0 spiro atoms. The fraction of sp³-hybridized carbons (Fsp3) is 0.176. The van der Waals surface area contributed by atoms with Crippen LogP contribution in [0.4, 0.5) is 0 Å². The highest BCUT2D eigenvalue weighted by Gasteiger charge is 2.05. The third kappa shape index (κ3) is 1.95. The van der Waals surface area contributed by atoms with Gasteiger partial charge in [0.1, 0.15) is 0 Å². The molecule has 0 aliphatic carbocycles. The summed E-state index contributed by atoms with van der Waals surface area (Å²) in [7, 11) is 1.31. The van der Waals surface area contributed by atoms with Gasteiger partial charge in [0.05, 0.1) is 0 Å². The highest BCUT2D eigenvalue weighted by Crippen LogP contribution is 2.29. The number of hydrogen-bond donors (Lipinski definition) is 0. The Balaban J connectivity index is 2.32. The fourth-order valence-corrected chi connectivity index (χ4v) is 3.06. The Morgan fingerprint density at radius 2 is 1.44 bits per heavy atom. The van der Waals surface area contributed by atoms with Gasteiger partial charge in [0, 0.05) is 10.2 Å². The van der Waals surface area contributed by atoms with Crippen LogP contribution in [0.15, 0.2) is 54.6 Å². The molecule has 3 aromatic carbocycles. The third-order valence-electron chi connectivity index (χ3n) is 3.65. The maximum Gasteiger partial charge on any atom is 0.00281 e. The number of benzene rings is 3. The molecule has 0 heterocycles. The second-order valence-electron chi connectivity index (χ2n) is 4.91. The molecule has 0 bridgehead atoms. The molecule has 0 atom stereocenters. The second-order valence-corrected chi connectivity index (χ2v) is 5.91. The zero-order valence-corrected chi connectivity index (χ0v) is 12.8. The SMILES string of the molecule is [SiH3]CCCc1cc2ccccc2c2ccccc12. The molecular formula is C17H18Si. The van der Waals surface area contributed by atoms with Crippen molar-refractivity contribution in [1.29, 1.82) is 0 Å². The zero-order chi connectivity index (χ0) is 12.4. The van der Waals surface area contributed by atoms with E-state index < -0.39 is 0 Å². The van der Waals surface area contributed by atoms with Crippen molar-refractivity contribution in [1.82, 2.24) is 0 Å². The number of fused-ring (bicyclic) bond motifs is 3. The molecule has 18 heavy (non-hydrogen) atoms. The minimum absolute atomic E-state index is 1.22. The number of aryl methyl sites for hydroxylation is 1. The van der Waals surface area contributed by atoms with E-state index in [0.29, 0.717) is 0 Å². The lowest BCUT2D eigenvalue weighted by atomic mass is 9.95. The maximum absolute atomic E-state index is 2.38. The molecule has 0 nitrogen and oxygen atoms in total. The topological polar surface area (TPSA) is 0 Å². The summed E-state index contributed by atoms with van der Waals surface area (Å²) in [6.07, 6.45) is 2.55. The van der Waals surface area contributed by atoms with Crippen LogP contribution in [-0.4, -0.2) is 10.2 Å². The molecule has 0 unspecified atom stereocenters. The van der Waals surface area contributed by atoms with Crippen molar-refractivity contribution in [2.24, 2.45) is 0 Å². The molecule has 0 N–H and O–H groups in total. The van der Waals surface area contributed by atoms with Crippen LogP contribution in [0.25, 0.3) is 21.5 Å². The van der Waals surface area contributed by atoms with Crippen LogP contribution in [-0.2, 0) is 6.42 Å². The lowest BCUT2D eigenvalue weighted by Crippen LogP contribution is -1.89. The Labute approximate surface area is 111 Å². The number of rotatable bonds is 3. The smallest absolute Gasteiger partial charge is 0.00281 e. The molecule has 0 radical (unpaired) electrons. The van der Waals surface area contributed by atoms with Crippen LogP contribution < -0.4 is 0 Å². The Bertz CT molecular complexity index is 685. The van der Waals surface area contributed by atoms with Crippen molar-refractivity contribution in [2.45, 2.75) is 18.9 Å². The zero-order valence-electron chi connectivity index (χ0n) is 10.8. The summed E-state index contributed by atoms with van der Waals surface area (Å²) in [5.41, 5.74) is 1.51. The highest BCUT2D eigenvalue weighted by molar-refractivity contribution is 6.09. The summed E-state index contributed by atoms with van der Waals surface area (Å²) in [5, 5.41) is 5.59. The van der Waals surface area contributed by atoms with Crippen molar-refractivity contribution in [3.63, 3.8) is 0 Å². The van der Waals surface area contributed by atoms with E-state index in [2.05, 4.69) is 54.6 Å². The van der Waals surface area contributed by atoms with Crippen molar-refractivity contribution in [2.75, 3.05) is 0 Å². The summed E-state index contributed by atoms with van der Waals surface area (Å²) in [6.45, 7) is 0. The molecule has 3 rings (SSSR count). The first kappa shape index (κ1) is 11.5. The van der Waals surface area contributed by atoms with E-state index in [4.69, 9.17) is 0 Å². The Morgan fingerprint density at radius 1 is 0.778 bits per heavy atom. The first-order valence-corrected chi connectivity index (χ1v) is 8.21. The molecular weight excluding hydrogens is 232 g/mol. The van der Waals surface area contributed by atoms with Gasteiger partial charge in [-0.3, -0.25) is 0 Å². The predicted molar refractivity (Wildman–Crippen MR) is 84.5 cm³/mol. The first-order chi connectivity index (χ1) is 8.90. The molecule has 0 fully saturated rings. The van der Waals surface area contributed by atoms with E-state index in [1.165, 1.54) is 56.2 Å². The minimum atomic E-state index is 1.22. The van der Waals surface area contributed by atoms with Crippen molar-refractivity contribution in [3.05, 3.63) is 60.2 Å². The van der Waals surface area contributed by atoms with Crippen LogP contribution in [0.3, 0.4) is 0 Å². The Kier molecular flexibility index (Phi) is 3.16. The Hall–Kier alpha value is -1.60. The lowest BCUT2D eigenvalue weighted by Gasteiger charge is -2.10. The first-order valence-electron chi connectivity index (χ1n) is 6.79. The van der Waals surface area contributed by atoms with Gasteiger partial charge in [0.15, 0.2) is 0 Å². The molecule has 90 valence electrons. The standard InChI is InChI=1S/C17H18Si/c18-11-5-7-14-12-13-6-1-2-8-15(13)17-10-4-3-9-16(14)17/h1-4,6,8-10,12H,5,7,11H2,18H3. The summed E-state index contributed by atoms with van der Waals surface area (Å²) in [5.74, 6) is 0. The van der Waals surface area contributed by atoms with Crippen LogP contribution >= 0.6 is 0 Å². The monoisotopic (exact) mass is 250 g/mol. The van der Waals surface area contributed by atoms with Crippen molar-refractivity contribution < 1.29 is 0 Å². The molecule has 0 amide bonds. The molecule has 0 saturated carbocycles. The Morgan fingerprint density at radius 3 is 2.22 bits per heavy atom. The van der Waals surface area contributed by atoms with Gasteiger partial charge in [-0.05, 0) is 33.5 Å². The van der Waals surface area contributed by atoms with Gasteiger partial charge in [-0.15, -0.1) is 0 Å². The fourth-order valence-electron chi connectivity index (χ4n) is 2.71. The van der Waals surface area contributed by atoms with Gasteiger partial charge < -0.3 is 0 Å². The highest BCUT2D eigenvalue weighted by atomic mass is 28.1. The van der Waals surface area contributed by atoms with Gasteiger partial charge in [0.2, 0.25) is 0 Å². The van der Waals surface area contributed by atoms with E-state index in [1.807, 2.05) is 0 Å². The summed E-state index contributed by atoms with van der Waals surface area (Å²) in [4.78, 5) is 0. The largest absolute Gasteiger partial charge is 0.0655 e. The molecule has 0 aliphatic rings. The van der Waals surface area contributed by atoms with E-state index in [1.54, 1.807) is 0 Å². The van der Waals surface area contributed by atoms with Crippen LogP contribution in [0, 0.1) is 0 Å². The van der Waals surface area contributed by atoms with Gasteiger partial charge in [0.25, 0.3) is 0 Å². The van der Waals surface area contributed by atoms with Crippen LogP contribution in [0.5, 0.6) is 0 Å². The quantitative estimate of drug-likeness (QED) is 0.491.